The van der Waals surface area contributed by atoms with Gasteiger partial charge in [-0.2, -0.15) is 0 Å². The van der Waals surface area contributed by atoms with E-state index in [1.807, 2.05) is 0 Å². The van der Waals surface area contributed by atoms with E-state index in [0.29, 0.717) is 5.41 Å². The van der Waals surface area contributed by atoms with Gasteiger partial charge in [-0.05, 0) is 17.3 Å². The van der Waals surface area contributed by atoms with Crippen molar-refractivity contribution < 1.29 is 30.7 Å². The molecule has 1 aliphatic rings. The van der Waals surface area contributed by atoms with Crippen molar-refractivity contribution in [2.24, 2.45) is 17.3 Å². The second-order valence-corrected chi connectivity index (χ2v) is 5.91. The van der Waals surface area contributed by atoms with Gasteiger partial charge in [-0.25, -0.2) is 0 Å². The van der Waals surface area contributed by atoms with E-state index < -0.39 is 0 Å². The largest absolute Gasteiger partial charge is 4.00 e. The van der Waals surface area contributed by atoms with Gasteiger partial charge in [0, 0.05) is 0 Å². The molecule has 0 aromatic carbocycles. The van der Waals surface area contributed by atoms with Crippen LogP contribution in [0, 0.1) is 32.1 Å². The van der Waals surface area contributed by atoms with Gasteiger partial charge in [-0.3, -0.25) is 13.6 Å². The molecule has 1 rings (SSSR count). The van der Waals surface area contributed by atoms with Crippen LogP contribution in [0.5, 0.6) is 0 Å². The molecule has 0 unspecified atom stereocenters. The zero-order valence-electron chi connectivity index (χ0n) is 14.9. The van der Waals surface area contributed by atoms with E-state index in [-0.39, 0.29) is 35.9 Å². The molecule has 0 aliphatic heterocycles. The minimum Gasteiger partial charge on any atom is -0.545 e. The van der Waals surface area contributed by atoms with Crippen LogP contribution in [-0.4, -0.2) is 13.6 Å². The van der Waals surface area contributed by atoms with Gasteiger partial charge in [0.15, 0.2) is 0 Å². The van der Waals surface area contributed by atoms with Crippen molar-refractivity contribution in [3.05, 3.63) is 14.9 Å². The van der Waals surface area contributed by atoms with Crippen LogP contribution in [0.1, 0.15) is 67.2 Å². The molecule has 0 saturated heterocycles. The molecule has 0 bridgehead atoms. The van der Waals surface area contributed by atoms with Crippen LogP contribution >= 0.6 is 0 Å². The average Bonchev–Trinajstić information content (AvgIpc) is 2.74. The van der Waals surface area contributed by atoms with E-state index in [2.05, 4.69) is 55.1 Å². The maximum atomic E-state index is 7.75. The molecule has 0 N–H and O–H groups in total. The number of carbonyl (C=O) groups excluding carboxylic acids is 2. The summed E-state index contributed by atoms with van der Waals surface area (Å²) in [4.78, 5) is 15.5. The molecule has 0 aromatic rings. The smallest absolute Gasteiger partial charge is 0.545 e. The summed E-state index contributed by atoms with van der Waals surface area (Å²) in [6.07, 6.45) is 5.95. The summed E-state index contributed by atoms with van der Waals surface area (Å²) >= 11 is 0. The molecule has 0 heterocycles. The summed E-state index contributed by atoms with van der Waals surface area (Å²) in [5.74, 6) is 1.84. The third kappa shape index (κ3) is 30.8. The van der Waals surface area contributed by atoms with Crippen LogP contribution in [0.3, 0.4) is 0 Å². The first-order valence-electron chi connectivity index (χ1n) is 6.31. The van der Waals surface area contributed by atoms with Gasteiger partial charge in [0.1, 0.15) is 0 Å². The van der Waals surface area contributed by atoms with Crippen LogP contribution in [0.15, 0.2) is 0 Å². The second kappa shape index (κ2) is 24.1. The SMILES string of the molecule is CC(C)C(C)(C)C.CC1CCCC1.[CH-]=O.[CH-]=O.[CH3-].[CH3-].[Mo+4]. The fourth-order valence-corrected chi connectivity index (χ4v) is 1.13. The minimum absolute atomic E-state index is 0. The zero-order chi connectivity index (χ0) is 14.5. The molecule has 0 spiro atoms. The molecule has 3 heteroatoms. The molecular formula is C17H36MoO2. The number of hydrogen-bond acceptors (Lipinski definition) is 2. The van der Waals surface area contributed by atoms with E-state index >= 15 is 0 Å². The molecular weight excluding hydrogens is 332 g/mol. The summed E-state index contributed by atoms with van der Waals surface area (Å²) in [5, 5.41) is 0. The standard InChI is InChI=1S/C7H16.C6H12.2CHO.2CH3.Mo/c1-6(2)7(3,4)5;1-6-4-2-3-5-6;2*1-2;;;/h6H,1-5H3;6H,2-5H2,1H3;2*1H;2*1H3;/q;;4*-1;+4. The van der Waals surface area contributed by atoms with Gasteiger partial charge in [0.2, 0.25) is 0 Å². The molecule has 1 saturated carbocycles. The Labute approximate surface area is 143 Å². The fourth-order valence-electron chi connectivity index (χ4n) is 1.13. The zero-order valence-corrected chi connectivity index (χ0v) is 16.9. The van der Waals surface area contributed by atoms with Crippen molar-refractivity contribution in [2.75, 3.05) is 0 Å². The van der Waals surface area contributed by atoms with Crippen molar-refractivity contribution in [1.82, 2.24) is 0 Å². The van der Waals surface area contributed by atoms with E-state index in [4.69, 9.17) is 9.59 Å². The maximum absolute atomic E-state index is 7.75. The predicted molar refractivity (Wildman–Crippen MR) is 88.3 cm³/mol. The van der Waals surface area contributed by atoms with Crippen LogP contribution in [-0.2, 0) is 30.7 Å². The Balaban J connectivity index is -0.0000000350. The first kappa shape index (κ1) is 36.8. The molecule has 0 atom stereocenters. The monoisotopic (exact) mass is 370 g/mol. The van der Waals surface area contributed by atoms with E-state index in [9.17, 15) is 0 Å². The van der Waals surface area contributed by atoms with E-state index in [0.717, 1.165) is 11.8 Å². The van der Waals surface area contributed by atoms with Crippen molar-refractivity contribution >= 4 is 13.6 Å². The van der Waals surface area contributed by atoms with Crippen LogP contribution in [0.4, 0.5) is 0 Å². The first-order chi connectivity index (χ1) is 7.84. The fraction of sp³-hybridized carbons (Fsp3) is 0.765. The Morgan fingerprint density at radius 3 is 1.15 bits per heavy atom. The number of hydrogen-bond donors (Lipinski definition) is 0. The third-order valence-corrected chi connectivity index (χ3v) is 3.38. The molecule has 0 amide bonds. The summed E-state index contributed by atoms with van der Waals surface area (Å²) < 4.78 is 0. The van der Waals surface area contributed by atoms with E-state index in [1.54, 1.807) is 0 Å². The Bertz CT molecular complexity index is 146. The van der Waals surface area contributed by atoms with Gasteiger partial charge in [-0.15, -0.1) is 0 Å². The van der Waals surface area contributed by atoms with Crippen molar-refractivity contribution in [3.63, 3.8) is 0 Å². The van der Waals surface area contributed by atoms with Gasteiger partial charge in [0.25, 0.3) is 0 Å². The molecule has 122 valence electrons. The Morgan fingerprint density at radius 1 is 0.900 bits per heavy atom. The molecule has 1 fully saturated rings. The minimum atomic E-state index is 0. The van der Waals surface area contributed by atoms with Gasteiger partial charge in [0.05, 0.1) is 0 Å². The molecule has 2 nitrogen and oxygen atoms in total. The van der Waals surface area contributed by atoms with E-state index in [1.165, 1.54) is 25.7 Å². The second-order valence-electron chi connectivity index (χ2n) is 5.91. The van der Waals surface area contributed by atoms with Gasteiger partial charge < -0.3 is 24.4 Å². The van der Waals surface area contributed by atoms with Crippen LogP contribution in [0.2, 0.25) is 0 Å². The normalized spacial score (nSPS) is 12.6. The predicted octanol–water partition coefficient (Wildman–Crippen LogP) is 5.23. The van der Waals surface area contributed by atoms with Crippen molar-refractivity contribution in [2.45, 2.75) is 67.2 Å². The van der Waals surface area contributed by atoms with Crippen LogP contribution in [0.25, 0.3) is 0 Å². The van der Waals surface area contributed by atoms with Crippen LogP contribution < -0.4 is 0 Å². The Hall–Kier alpha value is 0.0283. The van der Waals surface area contributed by atoms with Gasteiger partial charge >= 0.3 is 21.1 Å². The molecule has 0 radical (unpaired) electrons. The van der Waals surface area contributed by atoms with Crippen molar-refractivity contribution in [1.29, 1.82) is 0 Å². The Morgan fingerprint density at radius 2 is 1.10 bits per heavy atom. The molecule has 1 aliphatic carbocycles. The summed E-state index contributed by atoms with van der Waals surface area (Å²) in [6, 6.07) is 0. The summed E-state index contributed by atoms with van der Waals surface area (Å²) in [5.41, 5.74) is 0.500. The van der Waals surface area contributed by atoms with Gasteiger partial charge in [-0.1, -0.05) is 67.2 Å². The maximum Gasteiger partial charge on any atom is 4.00 e. The topological polar surface area (TPSA) is 34.1 Å². The first-order valence-corrected chi connectivity index (χ1v) is 6.31. The quantitative estimate of drug-likeness (QED) is 0.333. The Kier molecular flexibility index (Phi) is 44.4. The summed E-state index contributed by atoms with van der Waals surface area (Å²) in [6.45, 7) is 20.1. The molecule has 20 heavy (non-hydrogen) atoms. The average molecular weight is 368 g/mol. The summed E-state index contributed by atoms with van der Waals surface area (Å²) in [7, 11) is 0. The molecule has 0 aromatic heterocycles. The van der Waals surface area contributed by atoms with Crippen molar-refractivity contribution in [3.8, 4) is 0 Å². The number of rotatable bonds is 0. The third-order valence-electron chi connectivity index (χ3n) is 3.38.